The third kappa shape index (κ3) is 7.92. The van der Waals surface area contributed by atoms with Gasteiger partial charge in [-0.25, -0.2) is 15.0 Å². The number of benzene rings is 14. The molecule has 0 atom stereocenters. The van der Waals surface area contributed by atoms with Gasteiger partial charge in [0.15, 0.2) is 0 Å². The van der Waals surface area contributed by atoms with Crippen molar-refractivity contribution in [3.05, 3.63) is 322 Å². The summed E-state index contributed by atoms with van der Waals surface area (Å²) in [6, 6.07) is 105. The monoisotopic (exact) mass is 1170 g/mol. The largest absolute Gasteiger partial charge is 0.309 e. The van der Waals surface area contributed by atoms with Gasteiger partial charge in [-0.1, -0.05) is 224 Å². The zero-order chi connectivity index (χ0) is 60.4. The molecule has 7 heteroatoms. The summed E-state index contributed by atoms with van der Waals surface area (Å²) in [7, 11) is 0. The van der Waals surface area contributed by atoms with Crippen LogP contribution in [-0.2, 0) is 0 Å². The maximum Gasteiger partial charge on any atom is 0.234 e. The molecule has 20 rings (SSSR count). The van der Waals surface area contributed by atoms with Crippen molar-refractivity contribution >= 4 is 120 Å². The lowest BCUT2D eigenvalue weighted by Crippen LogP contribution is -1.95. The Morgan fingerprint density at radius 1 is 0.261 bits per heavy atom. The second kappa shape index (κ2) is 20.6. The molecule has 20 aromatic rings. The number of fused-ring (bicyclic) bond motifs is 22. The van der Waals surface area contributed by atoms with Crippen molar-refractivity contribution in [2.45, 2.75) is 0 Å². The topological polar surface area (TPSA) is 57.4 Å². The highest BCUT2D eigenvalue weighted by molar-refractivity contribution is 6.39. The predicted molar refractivity (Wildman–Crippen MR) is 384 cm³/mol. The van der Waals surface area contributed by atoms with Gasteiger partial charge in [0.2, 0.25) is 5.78 Å². The summed E-state index contributed by atoms with van der Waals surface area (Å²) in [5.41, 5.74) is 17.1. The van der Waals surface area contributed by atoms with Crippen LogP contribution in [0, 0.1) is 0 Å². The first-order chi connectivity index (χ1) is 45.7. The van der Waals surface area contributed by atoms with Crippen molar-refractivity contribution in [2.24, 2.45) is 0 Å². The number of imidazole rings is 2. The molecular weight excluding hydrogens is 1120 g/mol. The van der Waals surface area contributed by atoms with Gasteiger partial charge < -0.3 is 13.5 Å². The Morgan fingerprint density at radius 2 is 0.630 bits per heavy atom. The minimum absolute atomic E-state index is 0.702. The number of nitrogens with zero attached hydrogens (tertiary/aromatic N) is 7. The van der Waals surface area contributed by atoms with Crippen LogP contribution in [0.2, 0.25) is 0 Å². The van der Waals surface area contributed by atoms with Crippen LogP contribution in [0.4, 0.5) is 0 Å². The van der Waals surface area contributed by atoms with Crippen LogP contribution in [0.5, 0.6) is 0 Å². The fraction of sp³-hybridized carbons (Fsp3) is 0. The van der Waals surface area contributed by atoms with E-state index in [0.717, 1.165) is 33.8 Å². The lowest BCUT2D eigenvalue weighted by atomic mass is 9.88. The Morgan fingerprint density at radius 3 is 1.11 bits per heavy atom. The third-order valence-electron chi connectivity index (χ3n) is 18.9. The van der Waals surface area contributed by atoms with Crippen molar-refractivity contribution in [3.8, 4) is 56.1 Å². The minimum Gasteiger partial charge on any atom is -0.309 e. The fourth-order valence-electron chi connectivity index (χ4n) is 14.9. The van der Waals surface area contributed by atoms with Gasteiger partial charge in [-0.05, 0) is 143 Å². The van der Waals surface area contributed by atoms with Crippen LogP contribution < -0.4 is 0 Å². The second-order valence-electron chi connectivity index (χ2n) is 23.9. The first kappa shape index (κ1) is 51.6. The second-order valence-corrected chi connectivity index (χ2v) is 23.9. The van der Waals surface area contributed by atoms with Gasteiger partial charge in [0.25, 0.3) is 0 Å². The van der Waals surface area contributed by atoms with E-state index in [4.69, 9.17) is 9.97 Å². The lowest BCUT2D eigenvalue weighted by molar-refractivity contribution is 1.11. The number of rotatable bonds is 6. The number of pyridine rings is 1. The van der Waals surface area contributed by atoms with E-state index < -0.39 is 0 Å². The molecule has 0 aliphatic heterocycles. The standard InChI is InChI=1S/C43H27N3.C42H26N4/c1-2-12-30(13-3-1)46-39-19-9-8-18-35(39)41-34-17-7-5-15-32(34)37-26-36(31-14-4-6-16-33(31)42(37)43(41)46)28-21-23-29(24-22-28)38-27-45-25-11-10-20-40(45)44-38;1-2-11-29(12-3-1)46-38-18-9-8-17-34(38)39-33-16-7-5-14-31(33)36-25-35(30-13-4-6-15-32(30)40(36)41(39)46)27-19-21-28(22-20-27)37-26-45-24-10-23-43-42(45)44-37/h1-27H;1-26H. The molecule has 0 amide bonds. The van der Waals surface area contributed by atoms with Crippen LogP contribution in [0.1, 0.15) is 0 Å². The van der Waals surface area contributed by atoms with Crippen LogP contribution in [0.3, 0.4) is 0 Å². The van der Waals surface area contributed by atoms with Crippen LogP contribution in [0.15, 0.2) is 322 Å². The van der Waals surface area contributed by atoms with Crippen LogP contribution >= 0.6 is 0 Å². The van der Waals surface area contributed by atoms with Gasteiger partial charge in [-0.3, -0.25) is 4.40 Å². The fourth-order valence-corrected chi connectivity index (χ4v) is 14.9. The van der Waals surface area contributed by atoms with Crippen molar-refractivity contribution in [2.75, 3.05) is 0 Å². The molecule has 7 nitrogen and oxygen atoms in total. The van der Waals surface area contributed by atoms with Gasteiger partial charge in [0, 0.05) is 85.8 Å². The first-order valence-electron chi connectivity index (χ1n) is 31.3. The third-order valence-corrected chi connectivity index (χ3v) is 18.9. The zero-order valence-corrected chi connectivity index (χ0v) is 49.7. The van der Waals surface area contributed by atoms with E-state index in [1.54, 1.807) is 6.20 Å². The Bertz CT molecular complexity index is 5900. The number of hydrogen-bond acceptors (Lipinski definition) is 3. The number of aromatic nitrogens is 7. The van der Waals surface area contributed by atoms with Crippen molar-refractivity contribution < 1.29 is 0 Å². The molecular formula is C85H53N7. The molecule has 0 aliphatic carbocycles. The highest BCUT2D eigenvalue weighted by Gasteiger charge is 2.24. The summed E-state index contributed by atoms with van der Waals surface area (Å²) in [6.07, 6.45) is 9.93. The summed E-state index contributed by atoms with van der Waals surface area (Å²) in [5.74, 6) is 0.702. The van der Waals surface area contributed by atoms with E-state index in [-0.39, 0.29) is 0 Å². The summed E-state index contributed by atoms with van der Waals surface area (Å²) in [4.78, 5) is 14.0. The summed E-state index contributed by atoms with van der Waals surface area (Å²) in [6.45, 7) is 0. The van der Waals surface area contributed by atoms with E-state index in [1.807, 2.05) is 47.3 Å². The molecule has 0 saturated heterocycles. The van der Waals surface area contributed by atoms with Crippen molar-refractivity contribution in [3.63, 3.8) is 0 Å². The zero-order valence-electron chi connectivity index (χ0n) is 49.7. The quantitative estimate of drug-likeness (QED) is 0.156. The smallest absolute Gasteiger partial charge is 0.234 e. The molecule has 428 valence electrons. The van der Waals surface area contributed by atoms with E-state index in [1.165, 1.54) is 136 Å². The summed E-state index contributed by atoms with van der Waals surface area (Å²) >= 11 is 0. The van der Waals surface area contributed by atoms with E-state index in [9.17, 15) is 0 Å². The molecule has 6 aromatic heterocycles. The Labute approximate surface area is 527 Å². The maximum absolute atomic E-state index is 4.85. The Kier molecular flexibility index (Phi) is 11.5. The van der Waals surface area contributed by atoms with E-state index in [2.05, 4.69) is 292 Å². The van der Waals surface area contributed by atoms with Crippen molar-refractivity contribution in [1.82, 2.24) is 32.9 Å². The highest BCUT2D eigenvalue weighted by atomic mass is 15.1. The van der Waals surface area contributed by atoms with E-state index >= 15 is 0 Å². The molecule has 0 spiro atoms. The molecule has 92 heavy (non-hydrogen) atoms. The minimum atomic E-state index is 0.702. The van der Waals surface area contributed by atoms with Crippen LogP contribution in [0.25, 0.3) is 176 Å². The average Bonchev–Trinajstić information content (AvgIpc) is 1.47. The van der Waals surface area contributed by atoms with Gasteiger partial charge in [0.05, 0.1) is 33.5 Å². The molecule has 14 aromatic carbocycles. The summed E-state index contributed by atoms with van der Waals surface area (Å²) in [5, 5.41) is 20.3. The number of para-hydroxylation sites is 4. The van der Waals surface area contributed by atoms with Crippen LogP contribution in [-0.4, -0.2) is 32.9 Å². The molecule has 0 saturated carbocycles. The van der Waals surface area contributed by atoms with Gasteiger partial charge in [0.1, 0.15) is 5.65 Å². The highest BCUT2D eigenvalue weighted by Crippen LogP contribution is 2.49. The molecule has 0 N–H and O–H groups in total. The molecule has 0 radical (unpaired) electrons. The van der Waals surface area contributed by atoms with Gasteiger partial charge >= 0.3 is 0 Å². The first-order valence-corrected chi connectivity index (χ1v) is 31.3. The van der Waals surface area contributed by atoms with Gasteiger partial charge in [-0.2, -0.15) is 0 Å². The average molecular weight is 1170 g/mol. The Hall–Kier alpha value is -12.5. The maximum atomic E-state index is 4.85. The van der Waals surface area contributed by atoms with Crippen molar-refractivity contribution in [1.29, 1.82) is 0 Å². The molecule has 0 unspecified atom stereocenters. The lowest BCUT2D eigenvalue weighted by Gasteiger charge is -2.17. The van der Waals surface area contributed by atoms with E-state index in [0.29, 0.717) is 5.78 Å². The summed E-state index contributed by atoms with van der Waals surface area (Å²) < 4.78 is 8.96. The molecule has 0 fully saturated rings. The molecule has 0 bridgehead atoms. The molecule has 0 aliphatic rings. The SMILES string of the molecule is c1ccc(-n2c3ccccc3c3c4ccccc4c4cc(-c5ccc(-c6cn7ccccc7n6)cc5)c5ccccc5c4c32)cc1.c1ccc(-n2c3ccccc3c3c4ccccc4c4cc(-c5ccc(-c6cn7cccnc7n6)cc5)c5ccccc5c4c32)cc1. The number of hydrogen-bond donors (Lipinski definition) is 0. The van der Waals surface area contributed by atoms with Gasteiger partial charge in [-0.15, -0.1) is 0 Å². The Balaban J connectivity index is 0.000000132. The molecule has 6 heterocycles. The predicted octanol–water partition coefficient (Wildman–Crippen LogP) is 21.8. The normalized spacial score (nSPS) is 11.9.